The van der Waals surface area contributed by atoms with Gasteiger partial charge in [-0.3, -0.25) is 4.79 Å². The SMILES string of the molecule is C[C@H](N)C(=O)Nc1ccc(-c2ccnc(Nc3ccc(N4CCOCC4)cc3)n2)cc1. The van der Waals surface area contributed by atoms with Crippen molar-refractivity contribution >= 4 is 28.9 Å². The van der Waals surface area contributed by atoms with E-state index in [0.717, 1.165) is 43.2 Å². The minimum Gasteiger partial charge on any atom is -0.378 e. The fourth-order valence-electron chi connectivity index (χ4n) is 3.27. The van der Waals surface area contributed by atoms with E-state index < -0.39 is 6.04 Å². The summed E-state index contributed by atoms with van der Waals surface area (Å²) in [6.07, 6.45) is 1.72. The number of amides is 1. The highest BCUT2D eigenvalue weighted by Gasteiger charge is 2.11. The lowest BCUT2D eigenvalue weighted by Crippen LogP contribution is -2.36. The van der Waals surface area contributed by atoms with Crippen molar-refractivity contribution < 1.29 is 9.53 Å². The first kappa shape index (κ1) is 20.8. The lowest BCUT2D eigenvalue weighted by atomic mass is 10.1. The number of rotatable bonds is 6. The van der Waals surface area contributed by atoms with Gasteiger partial charge in [0.25, 0.3) is 0 Å². The van der Waals surface area contributed by atoms with Crippen molar-refractivity contribution in [3.63, 3.8) is 0 Å². The molecule has 0 unspecified atom stereocenters. The summed E-state index contributed by atoms with van der Waals surface area (Å²) in [4.78, 5) is 23.0. The number of hydrogen-bond acceptors (Lipinski definition) is 7. The van der Waals surface area contributed by atoms with Gasteiger partial charge in [-0.15, -0.1) is 0 Å². The molecule has 8 heteroatoms. The van der Waals surface area contributed by atoms with Gasteiger partial charge < -0.3 is 26.0 Å². The first-order chi connectivity index (χ1) is 15.1. The maximum absolute atomic E-state index is 11.7. The summed E-state index contributed by atoms with van der Waals surface area (Å²) in [6, 6.07) is 17.0. The van der Waals surface area contributed by atoms with E-state index in [1.807, 2.05) is 42.5 Å². The number of nitrogens with zero attached hydrogens (tertiary/aromatic N) is 3. The second-order valence-corrected chi connectivity index (χ2v) is 7.39. The number of carbonyl (C=O) groups is 1. The van der Waals surface area contributed by atoms with Crippen molar-refractivity contribution in [1.82, 2.24) is 9.97 Å². The number of benzene rings is 2. The Morgan fingerprint density at radius 1 is 1.03 bits per heavy atom. The average Bonchev–Trinajstić information content (AvgIpc) is 2.81. The number of carbonyl (C=O) groups excluding carboxylic acids is 1. The van der Waals surface area contributed by atoms with Gasteiger partial charge in [-0.05, 0) is 49.4 Å². The van der Waals surface area contributed by atoms with Gasteiger partial charge in [0.15, 0.2) is 0 Å². The summed E-state index contributed by atoms with van der Waals surface area (Å²) in [5.74, 6) is 0.298. The molecule has 1 aromatic heterocycles. The largest absolute Gasteiger partial charge is 0.378 e. The number of nitrogens with two attached hydrogens (primary N) is 1. The van der Waals surface area contributed by atoms with Crippen molar-refractivity contribution in [2.45, 2.75) is 13.0 Å². The van der Waals surface area contributed by atoms with E-state index in [-0.39, 0.29) is 5.91 Å². The van der Waals surface area contributed by atoms with Gasteiger partial charge in [-0.25, -0.2) is 9.97 Å². The Morgan fingerprint density at radius 2 is 1.71 bits per heavy atom. The molecule has 1 saturated heterocycles. The molecule has 4 N–H and O–H groups in total. The number of morpholine rings is 1. The summed E-state index contributed by atoms with van der Waals surface area (Å²) in [5, 5.41) is 6.03. The lowest BCUT2D eigenvalue weighted by Gasteiger charge is -2.28. The van der Waals surface area contributed by atoms with Crippen molar-refractivity contribution in [1.29, 1.82) is 0 Å². The van der Waals surface area contributed by atoms with Gasteiger partial charge in [0.1, 0.15) is 0 Å². The summed E-state index contributed by atoms with van der Waals surface area (Å²) in [5.41, 5.74) is 10.1. The highest BCUT2D eigenvalue weighted by atomic mass is 16.5. The van der Waals surface area contributed by atoms with Crippen LogP contribution < -0.4 is 21.3 Å². The van der Waals surface area contributed by atoms with E-state index in [1.54, 1.807) is 13.1 Å². The van der Waals surface area contributed by atoms with Gasteiger partial charge in [-0.1, -0.05) is 12.1 Å². The predicted octanol–water partition coefficient (Wildman–Crippen LogP) is 3.01. The molecule has 2 heterocycles. The molecule has 1 fully saturated rings. The van der Waals surface area contributed by atoms with Crippen molar-refractivity contribution in [2.24, 2.45) is 5.73 Å². The molecule has 0 aliphatic carbocycles. The Balaban J connectivity index is 1.43. The standard InChI is InChI=1S/C23H26N6O2/c1-16(24)22(30)26-18-4-2-17(3-5-18)21-10-11-25-23(28-21)27-19-6-8-20(9-7-19)29-12-14-31-15-13-29/h2-11,16H,12-15,24H2,1H3,(H,26,30)(H,25,27,28)/t16-/m0/s1. The van der Waals surface area contributed by atoms with Gasteiger partial charge in [-0.2, -0.15) is 0 Å². The van der Waals surface area contributed by atoms with Crippen LogP contribution in [0.2, 0.25) is 0 Å². The normalized spacial score (nSPS) is 14.7. The zero-order valence-electron chi connectivity index (χ0n) is 17.4. The maximum atomic E-state index is 11.7. The molecule has 2 aromatic carbocycles. The summed E-state index contributed by atoms with van der Waals surface area (Å²) < 4.78 is 5.41. The van der Waals surface area contributed by atoms with E-state index in [4.69, 9.17) is 10.5 Å². The van der Waals surface area contributed by atoms with E-state index in [1.165, 1.54) is 5.69 Å². The smallest absolute Gasteiger partial charge is 0.240 e. The van der Waals surface area contributed by atoms with Crippen molar-refractivity contribution in [3.05, 3.63) is 60.8 Å². The summed E-state index contributed by atoms with van der Waals surface area (Å²) >= 11 is 0. The summed E-state index contributed by atoms with van der Waals surface area (Å²) in [7, 11) is 0. The summed E-state index contributed by atoms with van der Waals surface area (Å²) in [6.45, 7) is 4.99. The molecule has 0 saturated carbocycles. The zero-order valence-corrected chi connectivity index (χ0v) is 17.4. The lowest BCUT2D eigenvalue weighted by molar-refractivity contribution is -0.117. The highest BCUT2D eigenvalue weighted by molar-refractivity contribution is 5.94. The van der Waals surface area contributed by atoms with E-state index in [9.17, 15) is 4.79 Å². The monoisotopic (exact) mass is 418 g/mol. The second kappa shape index (κ2) is 9.55. The van der Waals surface area contributed by atoms with Crippen LogP contribution in [0, 0.1) is 0 Å². The van der Waals surface area contributed by atoms with Crippen LogP contribution in [-0.4, -0.2) is 48.2 Å². The van der Waals surface area contributed by atoms with Crippen molar-refractivity contribution in [2.75, 3.05) is 41.8 Å². The van der Waals surface area contributed by atoms with Gasteiger partial charge in [0, 0.05) is 41.9 Å². The number of anilines is 4. The molecule has 1 aliphatic rings. The number of nitrogens with one attached hydrogen (secondary N) is 2. The van der Waals surface area contributed by atoms with E-state index in [0.29, 0.717) is 11.6 Å². The molecule has 4 rings (SSSR count). The topological polar surface area (TPSA) is 105 Å². The third-order valence-electron chi connectivity index (χ3n) is 5.02. The Morgan fingerprint density at radius 3 is 2.39 bits per heavy atom. The Hall–Kier alpha value is -3.49. The van der Waals surface area contributed by atoms with Crippen LogP contribution in [0.4, 0.5) is 23.0 Å². The van der Waals surface area contributed by atoms with Crippen LogP contribution in [-0.2, 0) is 9.53 Å². The molecule has 31 heavy (non-hydrogen) atoms. The molecule has 0 bridgehead atoms. The van der Waals surface area contributed by atoms with E-state index >= 15 is 0 Å². The predicted molar refractivity (Wildman–Crippen MR) is 123 cm³/mol. The molecule has 3 aromatic rings. The molecule has 8 nitrogen and oxygen atoms in total. The second-order valence-electron chi connectivity index (χ2n) is 7.39. The first-order valence-corrected chi connectivity index (χ1v) is 10.3. The minimum absolute atomic E-state index is 0.221. The molecule has 0 spiro atoms. The number of aromatic nitrogens is 2. The fraction of sp³-hybridized carbons (Fsp3) is 0.261. The fourth-order valence-corrected chi connectivity index (χ4v) is 3.27. The Labute approximate surface area is 181 Å². The third kappa shape index (κ3) is 5.36. The average molecular weight is 419 g/mol. The van der Waals surface area contributed by atoms with Crippen LogP contribution in [0.25, 0.3) is 11.3 Å². The Kier molecular flexibility index (Phi) is 6.40. The number of hydrogen-bond donors (Lipinski definition) is 3. The third-order valence-corrected chi connectivity index (χ3v) is 5.02. The quantitative estimate of drug-likeness (QED) is 0.565. The first-order valence-electron chi connectivity index (χ1n) is 10.3. The zero-order chi connectivity index (χ0) is 21.6. The van der Waals surface area contributed by atoms with Crippen LogP contribution in [0.3, 0.4) is 0 Å². The molecular weight excluding hydrogens is 392 g/mol. The molecule has 1 aliphatic heterocycles. The van der Waals surface area contributed by atoms with Gasteiger partial charge in [0.05, 0.1) is 24.9 Å². The molecule has 0 radical (unpaired) electrons. The highest BCUT2D eigenvalue weighted by Crippen LogP contribution is 2.23. The van der Waals surface area contributed by atoms with Crippen molar-refractivity contribution in [3.8, 4) is 11.3 Å². The minimum atomic E-state index is -0.557. The van der Waals surface area contributed by atoms with Crippen LogP contribution in [0.1, 0.15) is 6.92 Å². The Bertz CT molecular complexity index is 1010. The molecule has 1 atom stereocenters. The maximum Gasteiger partial charge on any atom is 0.240 e. The molecule has 1 amide bonds. The van der Waals surface area contributed by atoms with Gasteiger partial charge in [0.2, 0.25) is 11.9 Å². The van der Waals surface area contributed by atoms with Crippen LogP contribution in [0.5, 0.6) is 0 Å². The van der Waals surface area contributed by atoms with Crippen LogP contribution >= 0.6 is 0 Å². The van der Waals surface area contributed by atoms with Crippen LogP contribution in [0.15, 0.2) is 60.8 Å². The molecular formula is C23H26N6O2. The van der Waals surface area contributed by atoms with E-state index in [2.05, 4.69) is 37.6 Å². The van der Waals surface area contributed by atoms with Gasteiger partial charge >= 0.3 is 0 Å². The molecule has 160 valence electrons. The number of ether oxygens (including phenoxy) is 1.